The van der Waals surface area contributed by atoms with Crippen molar-refractivity contribution in [3.63, 3.8) is 0 Å². The van der Waals surface area contributed by atoms with E-state index in [0.717, 1.165) is 19.3 Å². The van der Waals surface area contributed by atoms with E-state index in [1.165, 1.54) is 0 Å². The molecule has 0 heterocycles. The van der Waals surface area contributed by atoms with Crippen molar-refractivity contribution in [1.82, 2.24) is 0 Å². The highest BCUT2D eigenvalue weighted by molar-refractivity contribution is 5.69. The molecule has 0 unspecified atom stereocenters. The van der Waals surface area contributed by atoms with E-state index in [1.807, 2.05) is 32.1 Å². The Bertz CT molecular complexity index is 192. The van der Waals surface area contributed by atoms with Gasteiger partial charge in [-0.05, 0) is 33.1 Å². The summed E-state index contributed by atoms with van der Waals surface area (Å²) in [6.07, 6.45) is 11.7. The van der Waals surface area contributed by atoms with Gasteiger partial charge in [0.25, 0.3) is 0 Å². The first-order valence-electron chi connectivity index (χ1n) is 5.24. The summed E-state index contributed by atoms with van der Waals surface area (Å²) in [5.74, 6) is -0.0788. The van der Waals surface area contributed by atoms with Gasteiger partial charge in [0.05, 0.1) is 6.61 Å². The summed E-state index contributed by atoms with van der Waals surface area (Å²) in [4.78, 5) is 10.9. The van der Waals surface area contributed by atoms with Crippen LogP contribution in [0.25, 0.3) is 0 Å². The number of carbonyl (C=O) groups excluding carboxylic acids is 1. The Labute approximate surface area is 86.6 Å². The molecule has 2 heteroatoms. The van der Waals surface area contributed by atoms with Crippen LogP contribution in [0.1, 0.15) is 39.5 Å². The van der Waals surface area contributed by atoms with E-state index < -0.39 is 0 Å². The zero-order valence-electron chi connectivity index (χ0n) is 9.16. The maximum atomic E-state index is 10.9. The Hall–Kier alpha value is -1.05. The van der Waals surface area contributed by atoms with Crippen molar-refractivity contribution in [2.75, 3.05) is 6.61 Å². The van der Waals surface area contributed by atoms with Gasteiger partial charge in [-0.3, -0.25) is 4.79 Å². The molecule has 0 rings (SSSR count). The lowest BCUT2D eigenvalue weighted by molar-refractivity contribution is -0.143. The molecule has 0 radical (unpaired) electrons. The second-order valence-electron chi connectivity index (χ2n) is 3.00. The normalized spacial score (nSPS) is 11.3. The largest absolute Gasteiger partial charge is 0.466 e. The molecule has 0 N–H and O–H groups in total. The molecule has 0 amide bonds. The average Bonchev–Trinajstić information content (AvgIpc) is 2.17. The molecular weight excluding hydrogens is 176 g/mol. The van der Waals surface area contributed by atoms with E-state index in [0.29, 0.717) is 13.0 Å². The molecule has 0 aromatic carbocycles. The first kappa shape index (κ1) is 12.9. The molecule has 0 saturated carbocycles. The number of allylic oxidation sites excluding steroid dienone is 4. The summed E-state index contributed by atoms with van der Waals surface area (Å²) in [6, 6.07) is 0. The third kappa shape index (κ3) is 9.04. The van der Waals surface area contributed by atoms with E-state index in [4.69, 9.17) is 4.74 Å². The zero-order valence-corrected chi connectivity index (χ0v) is 9.16. The molecule has 0 atom stereocenters. The second kappa shape index (κ2) is 10.0. The fourth-order valence-electron chi connectivity index (χ4n) is 1.05. The predicted molar refractivity (Wildman–Crippen MR) is 59.1 cm³/mol. The fourth-order valence-corrected chi connectivity index (χ4v) is 1.05. The van der Waals surface area contributed by atoms with Crippen molar-refractivity contribution in [3.05, 3.63) is 24.3 Å². The van der Waals surface area contributed by atoms with E-state index >= 15 is 0 Å². The zero-order chi connectivity index (χ0) is 10.6. The Morgan fingerprint density at radius 2 is 2.07 bits per heavy atom. The molecule has 0 fully saturated rings. The van der Waals surface area contributed by atoms with Gasteiger partial charge in [0.1, 0.15) is 0 Å². The van der Waals surface area contributed by atoms with Crippen LogP contribution in [0.4, 0.5) is 0 Å². The first-order valence-corrected chi connectivity index (χ1v) is 5.24. The van der Waals surface area contributed by atoms with Crippen LogP contribution in [0.5, 0.6) is 0 Å². The Morgan fingerprint density at radius 1 is 1.29 bits per heavy atom. The van der Waals surface area contributed by atoms with Gasteiger partial charge < -0.3 is 4.74 Å². The molecule has 80 valence electrons. The van der Waals surface area contributed by atoms with Crippen LogP contribution in [0, 0.1) is 0 Å². The van der Waals surface area contributed by atoms with Gasteiger partial charge in [-0.2, -0.15) is 0 Å². The molecule has 14 heavy (non-hydrogen) atoms. The molecule has 0 aromatic rings. The smallest absolute Gasteiger partial charge is 0.305 e. The molecule has 0 aliphatic carbocycles. The topological polar surface area (TPSA) is 26.3 Å². The van der Waals surface area contributed by atoms with Crippen LogP contribution in [-0.4, -0.2) is 12.6 Å². The lowest BCUT2D eigenvalue weighted by Crippen LogP contribution is -2.02. The fraction of sp³-hybridized carbons (Fsp3) is 0.583. The van der Waals surface area contributed by atoms with Crippen LogP contribution >= 0.6 is 0 Å². The highest BCUT2D eigenvalue weighted by Gasteiger charge is 1.99. The van der Waals surface area contributed by atoms with Crippen molar-refractivity contribution in [2.24, 2.45) is 0 Å². The van der Waals surface area contributed by atoms with Crippen LogP contribution in [0.3, 0.4) is 0 Å². The van der Waals surface area contributed by atoms with Crippen molar-refractivity contribution in [3.8, 4) is 0 Å². The molecule has 0 aromatic heterocycles. The number of hydrogen-bond donors (Lipinski definition) is 0. The Morgan fingerprint density at radius 3 is 2.71 bits per heavy atom. The van der Waals surface area contributed by atoms with Gasteiger partial charge >= 0.3 is 5.97 Å². The van der Waals surface area contributed by atoms with E-state index in [-0.39, 0.29) is 5.97 Å². The lowest BCUT2D eigenvalue weighted by atomic mass is 10.2. The predicted octanol–water partition coefficient (Wildman–Crippen LogP) is 3.24. The molecule has 0 saturated heterocycles. The van der Waals surface area contributed by atoms with E-state index in [2.05, 4.69) is 6.08 Å². The Balaban J connectivity index is 3.25. The minimum atomic E-state index is -0.0788. The number of unbranched alkanes of at least 4 members (excludes halogenated alkanes) is 2. The standard InChI is InChI=1S/C12H20O2/c1-3-5-6-7-8-9-10-11-12(13)14-4-2/h3,5-7H,4,8-11H2,1-2H3/b5-3+,7-6-. The summed E-state index contributed by atoms with van der Waals surface area (Å²) in [7, 11) is 0. The number of ether oxygens (including phenoxy) is 1. The van der Waals surface area contributed by atoms with Gasteiger partial charge in [0, 0.05) is 6.42 Å². The third-order valence-electron chi connectivity index (χ3n) is 1.75. The minimum absolute atomic E-state index is 0.0788. The quantitative estimate of drug-likeness (QED) is 0.355. The van der Waals surface area contributed by atoms with Gasteiger partial charge in [-0.25, -0.2) is 0 Å². The van der Waals surface area contributed by atoms with E-state index in [9.17, 15) is 4.79 Å². The summed E-state index contributed by atoms with van der Waals surface area (Å²) < 4.78 is 4.82. The highest BCUT2D eigenvalue weighted by Crippen LogP contribution is 2.02. The third-order valence-corrected chi connectivity index (χ3v) is 1.75. The SMILES string of the molecule is C/C=C/C=C\CCCCC(=O)OCC. The van der Waals surface area contributed by atoms with Crippen LogP contribution < -0.4 is 0 Å². The van der Waals surface area contributed by atoms with Crippen LogP contribution in [-0.2, 0) is 9.53 Å². The maximum Gasteiger partial charge on any atom is 0.305 e. The van der Waals surface area contributed by atoms with Crippen molar-refractivity contribution in [1.29, 1.82) is 0 Å². The molecule has 0 bridgehead atoms. The summed E-state index contributed by atoms with van der Waals surface area (Å²) in [5, 5.41) is 0. The lowest BCUT2D eigenvalue weighted by Gasteiger charge is -1.99. The second-order valence-corrected chi connectivity index (χ2v) is 3.00. The molecule has 0 aliphatic heterocycles. The van der Waals surface area contributed by atoms with Gasteiger partial charge in [0.2, 0.25) is 0 Å². The average molecular weight is 196 g/mol. The van der Waals surface area contributed by atoms with Crippen molar-refractivity contribution in [2.45, 2.75) is 39.5 Å². The molecule has 0 aliphatic rings. The van der Waals surface area contributed by atoms with Crippen molar-refractivity contribution < 1.29 is 9.53 Å². The van der Waals surface area contributed by atoms with Crippen LogP contribution in [0.2, 0.25) is 0 Å². The Kier molecular flexibility index (Phi) is 9.28. The monoisotopic (exact) mass is 196 g/mol. The molecular formula is C12H20O2. The summed E-state index contributed by atoms with van der Waals surface area (Å²) >= 11 is 0. The molecule has 0 spiro atoms. The van der Waals surface area contributed by atoms with Gasteiger partial charge in [-0.1, -0.05) is 24.3 Å². The maximum absolute atomic E-state index is 10.9. The van der Waals surface area contributed by atoms with Crippen molar-refractivity contribution >= 4 is 5.97 Å². The number of carbonyl (C=O) groups is 1. The van der Waals surface area contributed by atoms with Gasteiger partial charge in [-0.15, -0.1) is 0 Å². The van der Waals surface area contributed by atoms with Gasteiger partial charge in [0.15, 0.2) is 0 Å². The number of esters is 1. The minimum Gasteiger partial charge on any atom is -0.466 e. The number of hydrogen-bond acceptors (Lipinski definition) is 2. The highest BCUT2D eigenvalue weighted by atomic mass is 16.5. The van der Waals surface area contributed by atoms with Crippen LogP contribution in [0.15, 0.2) is 24.3 Å². The molecule has 2 nitrogen and oxygen atoms in total. The van der Waals surface area contributed by atoms with E-state index in [1.54, 1.807) is 0 Å². The summed E-state index contributed by atoms with van der Waals surface area (Å²) in [5.41, 5.74) is 0. The summed E-state index contributed by atoms with van der Waals surface area (Å²) in [6.45, 7) is 4.31. The number of rotatable bonds is 7. The first-order chi connectivity index (χ1) is 6.81.